The van der Waals surface area contributed by atoms with Crippen LogP contribution in [0.2, 0.25) is 0 Å². The second kappa shape index (κ2) is 13.2. The van der Waals surface area contributed by atoms with Crippen molar-refractivity contribution in [1.82, 2.24) is 9.55 Å². The summed E-state index contributed by atoms with van der Waals surface area (Å²) in [7, 11) is 0.689. The van der Waals surface area contributed by atoms with Crippen LogP contribution in [0.5, 0.6) is 0 Å². The van der Waals surface area contributed by atoms with Gasteiger partial charge in [-0.2, -0.15) is 13.2 Å². The summed E-state index contributed by atoms with van der Waals surface area (Å²) in [6, 6.07) is 12.7. The molecule has 1 saturated carbocycles. The Kier molecular flexibility index (Phi) is 9.57. The summed E-state index contributed by atoms with van der Waals surface area (Å²) in [5.41, 5.74) is 0.407. The largest absolute Gasteiger partial charge is 0.481 e. The van der Waals surface area contributed by atoms with Crippen LogP contribution < -0.4 is 9.62 Å². The minimum atomic E-state index is -4.79. The van der Waals surface area contributed by atoms with E-state index < -0.39 is 62.9 Å². The predicted octanol–water partition coefficient (Wildman–Crippen LogP) is 5.96. The molecule has 3 aromatic carbocycles. The number of rotatable bonds is 9. The molecule has 4 aromatic rings. The van der Waals surface area contributed by atoms with Crippen LogP contribution in [0.4, 0.5) is 28.9 Å². The number of amides is 1. The molecular formula is C33H34F4N4O6S. The molecule has 5 rings (SSSR count). The van der Waals surface area contributed by atoms with Gasteiger partial charge in [0.15, 0.2) is 0 Å². The van der Waals surface area contributed by atoms with Crippen molar-refractivity contribution in [2.45, 2.75) is 36.8 Å². The number of sulfonamides is 1. The number of aliphatic carboxylic acids is 1. The van der Waals surface area contributed by atoms with Crippen LogP contribution in [0.3, 0.4) is 0 Å². The molecule has 0 bridgehead atoms. The van der Waals surface area contributed by atoms with Crippen LogP contribution in [-0.2, 0) is 37.6 Å². The van der Waals surface area contributed by atoms with E-state index in [9.17, 15) is 40.7 Å². The Bertz CT molecular complexity index is 1960. The number of imidazole rings is 1. The Morgan fingerprint density at radius 1 is 1.08 bits per heavy atom. The van der Waals surface area contributed by atoms with Gasteiger partial charge >= 0.3 is 12.1 Å². The summed E-state index contributed by atoms with van der Waals surface area (Å²) in [6.45, 7) is 2.01. The van der Waals surface area contributed by atoms with Crippen LogP contribution in [-0.4, -0.2) is 55.7 Å². The van der Waals surface area contributed by atoms with Crippen LogP contribution in [0.25, 0.3) is 11.0 Å². The number of carbonyl (C=O) groups is 2. The molecule has 1 aliphatic carbocycles. The van der Waals surface area contributed by atoms with Crippen LogP contribution in [0.1, 0.15) is 35.7 Å². The lowest BCUT2D eigenvalue weighted by Gasteiger charge is -2.39. The summed E-state index contributed by atoms with van der Waals surface area (Å²) in [4.78, 5) is 30.6. The van der Waals surface area contributed by atoms with Gasteiger partial charge in [-0.1, -0.05) is 12.1 Å². The van der Waals surface area contributed by atoms with Gasteiger partial charge in [-0.15, -0.1) is 0 Å². The quantitative estimate of drug-likeness (QED) is 0.207. The van der Waals surface area contributed by atoms with E-state index in [1.807, 2.05) is 18.5 Å². The number of aryl methyl sites for hydroxylation is 2. The van der Waals surface area contributed by atoms with E-state index in [0.29, 0.717) is 29.3 Å². The number of hydrogen-bond donors (Lipinski definition) is 2. The molecule has 15 heteroatoms. The van der Waals surface area contributed by atoms with E-state index in [0.717, 1.165) is 21.7 Å². The lowest BCUT2D eigenvalue weighted by molar-refractivity contribution is -0.150. The standard InChI is InChI=1S/C33H34F4N4O6S/c1-18-38-28-16-23(10-12-29(28)40(18)2)48(45,46)41(3)22-8-5-20(6-9-22)24-13-19(17-47-4)14-25(30(24)32(43)44)31(42)39-27-11-7-21(15-26(27)34)33(35,36)37/h5-12,15-16,19,24-25,30H,13-14,17H2,1-4H3,(H,39,42)(H,43,44)/t19-,24-,25-,30-/m1/s1. The molecule has 0 saturated heterocycles. The lowest BCUT2D eigenvalue weighted by atomic mass is 9.65. The number of methoxy groups -OCH3 is 1. The summed E-state index contributed by atoms with van der Waals surface area (Å²) < 4.78 is 89.0. The highest BCUT2D eigenvalue weighted by Gasteiger charge is 2.46. The van der Waals surface area contributed by atoms with Crippen molar-refractivity contribution in [2.24, 2.45) is 24.8 Å². The molecule has 2 N–H and O–H groups in total. The van der Waals surface area contributed by atoms with Crippen molar-refractivity contribution >= 4 is 44.3 Å². The summed E-state index contributed by atoms with van der Waals surface area (Å²) in [6.07, 6.45) is -4.39. The Morgan fingerprint density at radius 3 is 2.38 bits per heavy atom. The van der Waals surface area contributed by atoms with Gasteiger partial charge in [0, 0.05) is 27.8 Å². The minimum Gasteiger partial charge on any atom is -0.481 e. The molecule has 1 heterocycles. The van der Waals surface area contributed by atoms with E-state index >= 15 is 0 Å². The third-order valence-electron chi connectivity index (χ3n) is 9.04. The molecule has 1 aromatic heterocycles. The number of aromatic nitrogens is 2. The van der Waals surface area contributed by atoms with Gasteiger partial charge in [-0.3, -0.25) is 13.9 Å². The van der Waals surface area contributed by atoms with Gasteiger partial charge < -0.3 is 19.7 Å². The molecular weight excluding hydrogens is 656 g/mol. The average Bonchev–Trinajstić information content (AvgIpc) is 3.32. The van der Waals surface area contributed by atoms with E-state index in [4.69, 9.17) is 4.74 Å². The van der Waals surface area contributed by atoms with Gasteiger partial charge in [0.25, 0.3) is 10.0 Å². The van der Waals surface area contributed by atoms with Crippen LogP contribution in [0, 0.1) is 30.5 Å². The fourth-order valence-corrected chi connectivity index (χ4v) is 7.64. The smallest absolute Gasteiger partial charge is 0.416 e. The number of ether oxygens (including phenoxy) is 1. The molecule has 0 spiro atoms. The number of carboxylic acids is 1. The lowest BCUT2D eigenvalue weighted by Crippen LogP contribution is -2.43. The van der Waals surface area contributed by atoms with E-state index in [-0.39, 0.29) is 29.9 Å². The maximum Gasteiger partial charge on any atom is 0.416 e. The normalized spacial score (nSPS) is 20.1. The first-order valence-corrected chi connectivity index (χ1v) is 16.4. The molecule has 256 valence electrons. The predicted molar refractivity (Wildman–Crippen MR) is 169 cm³/mol. The highest BCUT2D eigenvalue weighted by molar-refractivity contribution is 7.92. The van der Waals surface area contributed by atoms with Crippen LogP contribution >= 0.6 is 0 Å². The molecule has 0 unspecified atom stereocenters. The number of nitrogens with one attached hydrogen (secondary N) is 1. The van der Waals surface area contributed by atoms with Crippen molar-refractivity contribution in [3.63, 3.8) is 0 Å². The van der Waals surface area contributed by atoms with Gasteiger partial charge in [0.2, 0.25) is 5.91 Å². The van der Waals surface area contributed by atoms with Crippen molar-refractivity contribution in [3.8, 4) is 0 Å². The minimum absolute atomic E-state index is 0.0404. The van der Waals surface area contributed by atoms with Crippen molar-refractivity contribution < 1.29 is 45.4 Å². The average molecular weight is 691 g/mol. The topological polar surface area (TPSA) is 131 Å². The maximum absolute atomic E-state index is 14.6. The highest BCUT2D eigenvalue weighted by Crippen LogP contribution is 2.45. The molecule has 4 atom stereocenters. The molecule has 1 aliphatic rings. The SMILES string of the molecule is COC[C@@H]1C[C@H](c2ccc(N(C)S(=O)(=O)c3ccc4c(c3)nc(C)n4C)cc2)[C@@H](C(=O)O)[C@H](C(=O)Nc2ccc(C(F)(F)F)cc2F)C1. The Hall–Kier alpha value is -4.50. The third-order valence-corrected chi connectivity index (χ3v) is 10.8. The monoisotopic (exact) mass is 690 g/mol. The second-order valence-electron chi connectivity index (χ2n) is 12.0. The molecule has 10 nitrogen and oxygen atoms in total. The van der Waals surface area contributed by atoms with E-state index in [1.165, 1.54) is 26.3 Å². The first-order valence-electron chi connectivity index (χ1n) is 14.9. The number of halogens is 4. The summed E-state index contributed by atoms with van der Waals surface area (Å²) >= 11 is 0. The van der Waals surface area contributed by atoms with E-state index in [2.05, 4.69) is 10.3 Å². The van der Waals surface area contributed by atoms with Gasteiger partial charge in [-0.05, 0) is 85.7 Å². The zero-order chi connectivity index (χ0) is 35.1. The number of carboxylic acid groups (broad SMARTS) is 1. The number of carbonyl (C=O) groups excluding carboxylic acids is 1. The van der Waals surface area contributed by atoms with Gasteiger partial charge in [0.05, 0.1) is 44.7 Å². The Morgan fingerprint density at radius 2 is 1.77 bits per heavy atom. The number of fused-ring (bicyclic) bond motifs is 1. The van der Waals surface area contributed by atoms with Crippen molar-refractivity contribution in [3.05, 3.63) is 83.4 Å². The Labute approximate surface area is 274 Å². The molecule has 0 aliphatic heterocycles. The van der Waals surface area contributed by atoms with Crippen molar-refractivity contribution in [1.29, 1.82) is 0 Å². The van der Waals surface area contributed by atoms with Crippen molar-refractivity contribution in [2.75, 3.05) is 30.4 Å². The first kappa shape index (κ1) is 34.8. The Balaban J connectivity index is 1.41. The van der Waals surface area contributed by atoms with E-state index in [1.54, 1.807) is 30.3 Å². The molecule has 48 heavy (non-hydrogen) atoms. The number of hydrogen-bond acceptors (Lipinski definition) is 6. The zero-order valence-corrected chi connectivity index (χ0v) is 27.3. The van der Waals surface area contributed by atoms with Crippen LogP contribution in [0.15, 0.2) is 65.6 Å². The fraction of sp³-hybridized carbons (Fsp3) is 0.364. The molecule has 1 amide bonds. The summed E-state index contributed by atoms with van der Waals surface area (Å²) in [5, 5.41) is 12.6. The first-order chi connectivity index (χ1) is 22.5. The number of anilines is 2. The number of nitrogens with zero attached hydrogens (tertiary/aromatic N) is 3. The van der Waals surface area contributed by atoms with Gasteiger partial charge in [0.1, 0.15) is 11.6 Å². The highest BCUT2D eigenvalue weighted by atomic mass is 32.2. The van der Waals surface area contributed by atoms with Gasteiger partial charge in [-0.25, -0.2) is 17.8 Å². The maximum atomic E-state index is 14.6. The molecule has 1 fully saturated rings. The second-order valence-corrected chi connectivity index (χ2v) is 14.0. The molecule has 0 radical (unpaired) electrons. The number of alkyl halides is 3. The zero-order valence-electron chi connectivity index (χ0n) is 26.5. The summed E-state index contributed by atoms with van der Waals surface area (Å²) in [5.74, 6) is -6.19. The number of benzene rings is 3. The fourth-order valence-electron chi connectivity index (χ4n) is 6.42. The third kappa shape index (κ3) is 6.74.